The predicted octanol–water partition coefficient (Wildman–Crippen LogP) is 1.03. The first kappa shape index (κ1) is 13.1. The van der Waals surface area contributed by atoms with Gasteiger partial charge in [0.2, 0.25) is 5.91 Å². The van der Waals surface area contributed by atoms with E-state index in [0.717, 1.165) is 12.3 Å². The van der Waals surface area contributed by atoms with Crippen molar-refractivity contribution >= 4 is 30.1 Å². The van der Waals surface area contributed by atoms with Crippen molar-refractivity contribution in [3.63, 3.8) is 0 Å². The molecular weight excluding hydrogens is 232 g/mol. The van der Waals surface area contributed by atoms with Gasteiger partial charge < -0.3 is 10.6 Å². The van der Waals surface area contributed by atoms with Gasteiger partial charge in [0.15, 0.2) is 0 Å². The molecule has 2 fully saturated rings. The van der Waals surface area contributed by atoms with E-state index in [-0.39, 0.29) is 18.3 Å². The Bertz CT molecular complexity index is 221. The van der Waals surface area contributed by atoms with Crippen LogP contribution in [-0.2, 0) is 4.79 Å². The fourth-order valence-corrected chi connectivity index (χ4v) is 2.71. The minimum absolute atomic E-state index is 0. The molecule has 1 saturated carbocycles. The average molecular weight is 251 g/mol. The van der Waals surface area contributed by atoms with Gasteiger partial charge >= 0.3 is 0 Å². The van der Waals surface area contributed by atoms with Crippen LogP contribution in [0.3, 0.4) is 0 Å². The summed E-state index contributed by atoms with van der Waals surface area (Å²) in [6, 6.07) is 0.863. The third kappa shape index (κ3) is 4.21. The minimum atomic E-state index is 0. The van der Waals surface area contributed by atoms with Crippen LogP contribution in [0.1, 0.15) is 19.8 Å². The van der Waals surface area contributed by atoms with Crippen molar-refractivity contribution in [3.8, 4) is 0 Å². The zero-order valence-electron chi connectivity index (χ0n) is 8.99. The first-order valence-corrected chi connectivity index (χ1v) is 6.51. The van der Waals surface area contributed by atoms with Gasteiger partial charge in [-0.15, -0.1) is 12.4 Å². The van der Waals surface area contributed by atoms with Crippen molar-refractivity contribution in [1.82, 2.24) is 10.6 Å². The molecule has 1 saturated heterocycles. The first-order valence-electron chi connectivity index (χ1n) is 5.36. The van der Waals surface area contributed by atoms with Gasteiger partial charge in [-0.1, -0.05) is 6.92 Å². The Labute approximate surface area is 102 Å². The SMILES string of the molecule is CC1CC1NC(=O)CC1CSCCN1.Cl. The molecular formula is C10H19ClN2OS. The van der Waals surface area contributed by atoms with Crippen molar-refractivity contribution in [2.75, 3.05) is 18.1 Å². The van der Waals surface area contributed by atoms with E-state index < -0.39 is 0 Å². The number of hydrogen-bond donors (Lipinski definition) is 2. The second-order valence-corrected chi connectivity index (χ2v) is 5.47. The Kier molecular flexibility index (Phi) is 5.23. The lowest BCUT2D eigenvalue weighted by atomic mass is 10.2. The number of thioether (sulfide) groups is 1. The smallest absolute Gasteiger partial charge is 0.221 e. The zero-order valence-corrected chi connectivity index (χ0v) is 10.6. The maximum absolute atomic E-state index is 11.5. The van der Waals surface area contributed by atoms with E-state index in [9.17, 15) is 4.79 Å². The number of carbonyl (C=O) groups excluding carboxylic acids is 1. The van der Waals surface area contributed by atoms with Crippen molar-refractivity contribution in [2.24, 2.45) is 5.92 Å². The molecule has 2 aliphatic rings. The molecule has 2 N–H and O–H groups in total. The standard InChI is InChI=1S/C10H18N2OS.ClH/c1-7-4-9(7)12-10(13)5-8-6-14-3-2-11-8;/h7-9,11H,2-6H2,1H3,(H,12,13);1H. The summed E-state index contributed by atoms with van der Waals surface area (Å²) >= 11 is 1.94. The largest absolute Gasteiger partial charge is 0.353 e. The molecule has 1 heterocycles. The summed E-state index contributed by atoms with van der Waals surface area (Å²) in [5, 5.41) is 6.44. The highest BCUT2D eigenvalue weighted by molar-refractivity contribution is 7.99. The molecule has 3 atom stereocenters. The predicted molar refractivity (Wildman–Crippen MR) is 66.7 cm³/mol. The number of nitrogens with one attached hydrogen (secondary N) is 2. The van der Waals surface area contributed by atoms with Crippen LogP contribution < -0.4 is 10.6 Å². The molecule has 0 aromatic carbocycles. The van der Waals surface area contributed by atoms with Gasteiger partial charge in [-0.25, -0.2) is 0 Å². The number of halogens is 1. The highest BCUT2D eigenvalue weighted by Gasteiger charge is 2.34. The monoisotopic (exact) mass is 250 g/mol. The second-order valence-electron chi connectivity index (χ2n) is 4.32. The number of carbonyl (C=O) groups is 1. The third-order valence-corrected chi connectivity index (χ3v) is 4.02. The zero-order chi connectivity index (χ0) is 9.97. The van der Waals surface area contributed by atoms with E-state index >= 15 is 0 Å². The van der Waals surface area contributed by atoms with Crippen LogP contribution in [0.15, 0.2) is 0 Å². The number of hydrogen-bond acceptors (Lipinski definition) is 3. The van der Waals surface area contributed by atoms with Crippen LogP contribution in [-0.4, -0.2) is 36.0 Å². The van der Waals surface area contributed by atoms with Crippen LogP contribution in [0.2, 0.25) is 0 Å². The van der Waals surface area contributed by atoms with Crippen LogP contribution in [0, 0.1) is 5.92 Å². The Morgan fingerprint density at radius 1 is 1.60 bits per heavy atom. The summed E-state index contributed by atoms with van der Waals surface area (Å²) in [6.45, 7) is 3.22. The molecule has 3 nitrogen and oxygen atoms in total. The van der Waals surface area contributed by atoms with Gasteiger partial charge in [-0.3, -0.25) is 4.79 Å². The summed E-state index contributed by atoms with van der Waals surface area (Å²) < 4.78 is 0. The van der Waals surface area contributed by atoms with Crippen LogP contribution in [0.5, 0.6) is 0 Å². The molecule has 3 unspecified atom stereocenters. The number of amides is 1. The molecule has 0 bridgehead atoms. The normalized spacial score (nSPS) is 34.1. The molecule has 0 spiro atoms. The maximum Gasteiger partial charge on any atom is 0.221 e. The Morgan fingerprint density at radius 2 is 2.33 bits per heavy atom. The quantitative estimate of drug-likeness (QED) is 0.786. The molecule has 0 aromatic rings. The highest BCUT2D eigenvalue weighted by atomic mass is 35.5. The van der Waals surface area contributed by atoms with E-state index in [1.807, 2.05) is 11.8 Å². The van der Waals surface area contributed by atoms with Gasteiger partial charge in [0.25, 0.3) is 0 Å². The lowest BCUT2D eigenvalue weighted by Gasteiger charge is -2.22. The van der Waals surface area contributed by atoms with Gasteiger partial charge in [-0.05, 0) is 12.3 Å². The van der Waals surface area contributed by atoms with Crippen LogP contribution in [0.4, 0.5) is 0 Å². The molecule has 0 radical (unpaired) electrons. The molecule has 0 aromatic heterocycles. The van der Waals surface area contributed by atoms with Crippen LogP contribution >= 0.6 is 24.2 Å². The molecule has 5 heteroatoms. The summed E-state index contributed by atoms with van der Waals surface area (Å²) in [4.78, 5) is 11.5. The fourth-order valence-electron chi connectivity index (χ4n) is 1.76. The minimum Gasteiger partial charge on any atom is -0.353 e. The molecule has 1 aliphatic heterocycles. The Morgan fingerprint density at radius 3 is 2.87 bits per heavy atom. The van der Waals surface area contributed by atoms with Crippen molar-refractivity contribution < 1.29 is 4.79 Å². The van der Waals surface area contributed by atoms with E-state index in [0.29, 0.717) is 24.4 Å². The van der Waals surface area contributed by atoms with Gasteiger partial charge in [-0.2, -0.15) is 11.8 Å². The van der Waals surface area contributed by atoms with Gasteiger partial charge in [0, 0.05) is 36.6 Å². The first-order chi connectivity index (χ1) is 6.75. The molecule has 88 valence electrons. The van der Waals surface area contributed by atoms with Crippen molar-refractivity contribution in [3.05, 3.63) is 0 Å². The Hall–Kier alpha value is 0.0700. The average Bonchev–Trinajstić information content (AvgIpc) is 2.83. The fraction of sp³-hybridized carbons (Fsp3) is 0.900. The van der Waals surface area contributed by atoms with E-state index in [2.05, 4.69) is 17.6 Å². The summed E-state index contributed by atoms with van der Waals surface area (Å²) in [5.74, 6) is 3.18. The van der Waals surface area contributed by atoms with E-state index in [4.69, 9.17) is 0 Å². The maximum atomic E-state index is 11.5. The second kappa shape index (κ2) is 5.97. The summed E-state index contributed by atoms with van der Waals surface area (Å²) in [5.41, 5.74) is 0. The molecule has 2 rings (SSSR count). The lowest BCUT2D eigenvalue weighted by Crippen LogP contribution is -2.41. The number of rotatable bonds is 3. The Balaban J connectivity index is 0.00000112. The molecule has 15 heavy (non-hydrogen) atoms. The summed E-state index contributed by atoms with van der Waals surface area (Å²) in [7, 11) is 0. The van der Waals surface area contributed by atoms with Gasteiger partial charge in [0.1, 0.15) is 0 Å². The lowest BCUT2D eigenvalue weighted by molar-refractivity contribution is -0.121. The van der Waals surface area contributed by atoms with Crippen LogP contribution in [0.25, 0.3) is 0 Å². The third-order valence-electron chi connectivity index (χ3n) is 2.89. The van der Waals surface area contributed by atoms with Gasteiger partial charge in [0.05, 0.1) is 0 Å². The molecule has 1 aliphatic carbocycles. The summed E-state index contributed by atoms with van der Waals surface area (Å²) in [6.07, 6.45) is 1.81. The van der Waals surface area contributed by atoms with E-state index in [1.54, 1.807) is 0 Å². The van der Waals surface area contributed by atoms with E-state index in [1.165, 1.54) is 12.2 Å². The highest BCUT2D eigenvalue weighted by Crippen LogP contribution is 2.29. The van der Waals surface area contributed by atoms with Crippen molar-refractivity contribution in [2.45, 2.75) is 31.8 Å². The van der Waals surface area contributed by atoms with Crippen molar-refractivity contribution in [1.29, 1.82) is 0 Å². The topological polar surface area (TPSA) is 41.1 Å². The molecule has 1 amide bonds.